The molecule has 0 N–H and O–H groups in total. The molecule has 1 aliphatic heterocycles. The Bertz CT molecular complexity index is 413. The maximum atomic E-state index is 10.7. The summed E-state index contributed by atoms with van der Waals surface area (Å²) in [6, 6.07) is 0. The molecule has 18 heavy (non-hydrogen) atoms. The average molecular weight is 248 g/mol. The number of piperidine rings is 1. The van der Waals surface area contributed by atoms with E-state index in [-0.39, 0.29) is 5.92 Å². The summed E-state index contributed by atoms with van der Waals surface area (Å²) in [7, 11) is 0. The monoisotopic (exact) mass is 248 g/mol. The van der Waals surface area contributed by atoms with Crippen LogP contribution in [0.2, 0.25) is 0 Å². The van der Waals surface area contributed by atoms with E-state index < -0.39 is 0 Å². The van der Waals surface area contributed by atoms with Gasteiger partial charge in [-0.3, -0.25) is 0 Å². The number of hydrogen-bond acceptors (Lipinski definition) is 5. The van der Waals surface area contributed by atoms with Crippen LogP contribution in [0, 0.1) is 5.92 Å². The van der Waals surface area contributed by atoms with Crippen LogP contribution in [-0.4, -0.2) is 34.6 Å². The van der Waals surface area contributed by atoms with Crippen molar-refractivity contribution in [3.63, 3.8) is 0 Å². The van der Waals surface area contributed by atoms with Gasteiger partial charge in [-0.25, -0.2) is 4.98 Å². The summed E-state index contributed by atoms with van der Waals surface area (Å²) in [4.78, 5) is 17.5. The van der Waals surface area contributed by atoms with Crippen LogP contribution in [0.25, 0.3) is 0 Å². The second-order valence-corrected chi connectivity index (χ2v) is 4.67. The van der Waals surface area contributed by atoms with E-state index in [9.17, 15) is 4.79 Å². The van der Waals surface area contributed by atoms with Gasteiger partial charge in [0.1, 0.15) is 6.29 Å². The lowest BCUT2D eigenvalue weighted by atomic mass is 9.99. The third kappa shape index (κ3) is 2.66. The van der Waals surface area contributed by atoms with Crippen molar-refractivity contribution in [1.29, 1.82) is 0 Å². The van der Waals surface area contributed by atoms with Gasteiger partial charge in [-0.05, 0) is 25.7 Å². The minimum Gasteiger partial charge on any atom is -0.339 e. The Hall–Kier alpha value is -1.52. The second kappa shape index (κ2) is 5.89. The van der Waals surface area contributed by atoms with Crippen LogP contribution in [-0.2, 0) is 17.6 Å². The van der Waals surface area contributed by atoms with Gasteiger partial charge < -0.3 is 9.69 Å². The van der Waals surface area contributed by atoms with Crippen molar-refractivity contribution < 1.29 is 4.79 Å². The van der Waals surface area contributed by atoms with E-state index in [1.807, 2.05) is 0 Å². The number of carbonyl (C=O) groups is 1. The van der Waals surface area contributed by atoms with Crippen molar-refractivity contribution in [2.24, 2.45) is 5.92 Å². The second-order valence-electron chi connectivity index (χ2n) is 4.67. The Labute approximate surface area is 108 Å². The SMILES string of the molecule is CCc1nnc(N2CCC(C=O)CC2)nc1CC. The molecule has 1 aromatic heterocycles. The van der Waals surface area contributed by atoms with Gasteiger partial charge in [0.05, 0.1) is 11.4 Å². The van der Waals surface area contributed by atoms with Crippen LogP contribution in [0.1, 0.15) is 38.1 Å². The van der Waals surface area contributed by atoms with Crippen molar-refractivity contribution in [3.8, 4) is 0 Å². The number of aromatic nitrogens is 3. The molecule has 0 saturated carbocycles. The molecule has 0 amide bonds. The Morgan fingerprint density at radius 3 is 2.39 bits per heavy atom. The highest BCUT2D eigenvalue weighted by Crippen LogP contribution is 2.19. The number of carbonyl (C=O) groups excluding carboxylic acids is 1. The molecule has 1 aliphatic rings. The fourth-order valence-corrected chi connectivity index (χ4v) is 2.30. The molecule has 5 nitrogen and oxygen atoms in total. The minimum absolute atomic E-state index is 0.203. The fourth-order valence-electron chi connectivity index (χ4n) is 2.30. The molecule has 1 aromatic rings. The molecule has 5 heteroatoms. The first-order chi connectivity index (χ1) is 8.78. The first-order valence-corrected chi connectivity index (χ1v) is 6.71. The van der Waals surface area contributed by atoms with E-state index in [0.29, 0.717) is 5.95 Å². The molecule has 0 atom stereocenters. The van der Waals surface area contributed by atoms with Gasteiger partial charge in [-0.15, -0.1) is 5.10 Å². The van der Waals surface area contributed by atoms with Gasteiger partial charge in [0.15, 0.2) is 0 Å². The van der Waals surface area contributed by atoms with Crippen molar-refractivity contribution in [3.05, 3.63) is 11.4 Å². The minimum atomic E-state index is 0.203. The molecule has 1 fully saturated rings. The van der Waals surface area contributed by atoms with Gasteiger partial charge in [-0.2, -0.15) is 5.10 Å². The van der Waals surface area contributed by atoms with E-state index in [1.54, 1.807) is 0 Å². The first-order valence-electron chi connectivity index (χ1n) is 6.71. The molecule has 0 spiro atoms. The number of anilines is 1. The maximum Gasteiger partial charge on any atom is 0.245 e. The lowest BCUT2D eigenvalue weighted by molar-refractivity contribution is -0.111. The summed E-state index contributed by atoms with van der Waals surface area (Å²) >= 11 is 0. The molecule has 0 unspecified atom stereocenters. The lowest BCUT2D eigenvalue weighted by Gasteiger charge is -2.29. The summed E-state index contributed by atoms with van der Waals surface area (Å²) in [6.07, 6.45) is 4.61. The summed E-state index contributed by atoms with van der Waals surface area (Å²) < 4.78 is 0. The van der Waals surface area contributed by atoms with Crippen molar-refractivity contribution in [1.82, 2.24) is 15.2 Å². The first kappa shape index (κ1) is 12.9. The van der Waals surface area contributed by atoms with Crippen LogP contribution in [0.4, 0.5) is 5.95 Å². The number of aldehydes is 1. The Morgan fingerprint density at radius 1 is 1.17 bits per heavy atom. The predicted octanol–water partition coefficient (Wildman–Crippen LogP) is 1.41. The number of aryl methyl sites for hydroxylation is 2. The van der Waals surface area contributed by atoms with Gasteiger partial charge in [-0.1, -0.05) is 13.8 Å². The van der Waals surface area contributed by atoms with Crippen LogP contribution >= 0.6 is 0 Å². The largest absolute Gasteiger partial charge is 0.339 e. The molecule has 0 aliphatic carbocycles. The molecule has 0 aromatic carbocycles. The zero-order valence-corrected chi connectivity index (χ0v) is 11.1. The van der Waals surface area contributed by atoms with Gasteiger partial charge in [0.2, 0.25) is 5.95 Å². The highest BCUT2D eigenvalue weighted by atomic mass is 16.1. The molecular formula is C13H20N4O. The Morgan fingerprint density at radius 2 is 1.83 bits per heavy atom. The van der Waals surface area contributed by atoms with Crippen LogP contribution in [0.15, 0.2) is 0 Å². The van der Waals surface area contributed by atoms with Crippen LogP contribution in [0.3, 0.4) is 0 Å². The molecule has 0 bridgehead atoms. The normalized spacial score (nSPS) is 16.9. The zero-order chi connectivity index (χ0) is 13.0. The standard InChI is InChI=1S/C13H20N4O/c1-3-11-12(4-2)15-16-13(14-11)17-7-5-10(9-18)6-8-17/h9-10H,3-8H2,1-2H3. The van der Waals surface area contributed by atoms with E-state index in [4.69, 9.17) is 0 Å². The Kier molecular flexibility index (Phi) is 4.23. The number of hydrogen-bond donors (Lipinski definition) is 0. The summed E-state index contributed by atoms with van der Waals surface area (Å²) in [6.45, 7) is 5.85. The highest BCUT2D eigenvalue weighted by Gasteiger charge is 2.21. The molecular weight excluding hydrogens is 228 g/mol. The highest BCUT2D eigenvalue weighted by molar-refractivity contribution is 5.54. The molecule has 2 rings (SSSR count). The third-order valence-electron chi connectivity index (χ3n) is 3.51. The predicted molar refractivity (Wildman–Crippen MR) is 69.6 cm³/mol. The Balaban J connectivity index is 2.12. The molecule has 1 saturated heterocycles. The molecule has 98 valence electrons. The van der Waals surface area contributed by atoms with Gasteiger partial charge in [0.25, 0.3) is 0 Å². The van der Waals surface area contributed by atoms with E-state index >= 15 is 0 Å². The van der Waals surface area contributed by atoms with Crippen molar-refractivity contribution >= 4 is 12.2 Å². The van der Waals surface area contributed by atoms with Gasteiger partial charge in [0, 0.05) is 19.0 Å². The van der Waals surface area contributed by atoms with Crippen LogP contribution in [0.5, 0.6) is 0 Å². The fraction of sp³-hybridized carbons (Fsp3) is 0.692. The quantitative estimate of drug-likeness (QED) is 0.754. The third-order valence-corrected chi connectivity index (χ3v) is 3.51. The maximum absolute atomic E-state index is 10.7. The van der Waals surface area contributed by atoms with E-state index in [0.717, 1.165) is 56.4 Å². The van der Waals surface area contributed by atoms with Crippen LogP contribution < -0.4 is 4.90 Å². The average Bonchev–Trinajstić information content (AvgIpc) is 2.46. The summed E-state index contributed by atoms with van der Waals surface area (Å²) in [5.41, 5.74) is 2.03. The van der Waals surface area contributed by atoms with Crippen molar-refractivity contribution in [2.45, 2.75) is 39.5 Å². The molecule has 2 heterocycles. The van der Waals surface area contributed by atoms with Gasteiger partial charge >= 0.3 is 0 Å². The van der Waals surface area contributed by atoms with Crippen molar-refractivity contribution in [2.75, 3.05) is 18.0 Å². The van der Waals surface area contributed by atoms with E-state index in [2.05, 4.69) is 33.9 Å². The summed E-state index contributed by atoms with van der Waals surface area (Å²) in [5.74, 6) is 0.920. The molecule has 0 radical (unpaired) electrons. The lowest BCUT2D eigenvalue weighted by Crippen LogP contribution is -2.35. The summed E-state index contributed by atoms with van der Waals surface area (Å²) in [5, 5.41) is 8.47. The number of rotatable bonds is 4. The number of nitrogens with zero attached hydrogens (tertiary/aromatic N) is 4. The topological polar surface area (TPSA) is 59.0 Å². The smallest absolute Gasteiger partial charge is 0.245 e. The van der Waals surface area contributed by atoms with E-state index in [1.165, 1.54) is 0 Å². The zero-order valence-electron chi connectivity index (χ0n) is 11.1.